The van der Waals surface area contributed by atoms with Gasteiger partial charge in [-0.3, -0.25) is 0 Å². The Bertz CT molecular complexity index is 696. The van der Waals surface area contributed by atoms with E-state index in [1.165, 1.54) is 4.31 Å². The first-order valence-electron chi connectivity index (χ1n) is 6.78. The summed E-state index contributed by atoms with van der Waals surface area (Å²) in [6, 6.07) is 12.7. The van der Waals surface area contributed by atoms with Crippen molar-refractivity contribution in [2.75, 3.05) is 33.4 Å². The molecule has 0 aliphatic heterocycles. The van der Waals surface area contributed by atoms with Crippen LogP contribution in [0, 0.1) is 0 Å². The van der Waals surface area contributed by atoms with E-state index in [2.05, 4.69) is 0 Å². The molecule has 0 aromatic heterocycles. The Balaban J connectivity index is 2.49. The van der Waals surface area contributed by atoms with Crippen LogP contribution in [0.4, 0.5) is 0 Å². The van der Waals surface area contributed by atoms with Crippen molar-refractivity contribution in [3.05, 3.63) is 42.5 Å². The third-order valence-electron chi connectivity index (χ3n) is 3.29. The van der Waals surface area contributed by atoms with Gasteiger partial charge < -0.3 is 10.5 Å². The van der Waals surface area contributed by atoms with Gasteiger partial charge in [-0.2, -0.15) is 4.31 Å². The third-order valence-corrected chi connectivity index (χ3v) is 5.25. The summed E-state index contributed by atoms with van der Waals surface area (Å²) in [5.74, 6) is 0. The normalized spacial score (nSPS) is 12.1. The lowest BCUT2D eigenvalue weighted by Crippen LogP contribution is -2.37. The number of ether oxygens (including phenoxy) is 1. The Kier molecular flexibility index (Phi) is 5.30. The number of nitrogens with two attached hydrogens (primary N) is 1. The number of benzene rings is 2. The molecule has 114 valence electrons. The molecule has 0 radical (unpaired) electrons. The van der Waals surface area contributed by atoms with Gasteiger partial charge in [0.2, 0.25) is 10.0 Å². The van der Waals surface area contributed by atoms with E-state index < -0.39 is 10.0 Å². The summed E-state index contributed by atoms with van der Waals surface area (Å²) >= 11 is 0. The van der Waals surface area contributed by atoms with Crippen LogP contribution in [-0.2, 0) is 14.8 Å². The third kappa shape index (κ3) is 3.41. The van der Waals surface area contributed by atoms with Crippen molar-refractivity contribution in [1.82, 2.24) is 4.31 Å². The molecule has 6 heteroatoms. The second kappa shape index (κ2) is 7.00. The second-order valence-corrected chi connectivity index (χ2v) is 6.57. The first kappa shape index (κ1) is 15.9. The Labute approximate surface area is 125 Å². The van der Waals surface area contributed by atoms with Crippen LogP contribution in [0.1, 0.15) is 0 Å². The predicted octanol–water partition coefficient (Wildman–Crippen LogP) is 1.44. The number of hydrogen-bond acceptors (Lipinski definition) is 4. The SMILES string of the molecule is COCCN(CCN)S(=O)(=O)c1cccc2ccccc12. The molecule has 0 saturated heterocycles. The lowest BCUT2D eigenvalue weighted by molar-refractivity contribution is 0.180. The van der Waals surface area contributed by atoms with Gasteiger partial charge in [-0.25, -0.2) is 8.42 Å². The summed E-state index contributed by atoms with van der Waals surface area (Å²) in [7, 11) is -2.04. The first-order valence-corrected chi connectivity index (χ1v) is 8.22. The Morgan fingerprint density at radius 2 is 1.81 bits per heavy atom. The molecule has 0 saturated carbocycles. The van der Waals surface area contributed by atoms with Gasteiger partial charge in [0.1, 0.15) is 0 Å². The molecule has 5 nitrogen and oxygen atoms in total. The molecule has 0 atom stereocenters. The van der Waals surface area contributed by atoms with Gasteiger partial charge in [0, 0.05) is 32.1 Å². The van der Waals surface area contributed by atoms with Crippen LogP contribution in [0.3, 0.4) is 0 Å². The molecule has 0 aliphatic carbocycles. The molecule has 0 heterocycles. The van der Waals surface area contributed by atoms with Gasteiger partial charge in [-0.15, -0.1) is 0 Å². The van der Waals surface area contributed by atoms with Crippen LogP contribution >= 0.6 is 0 Å². The summed E-state index contributed by atoms with van der Waals surface area (Å²) in [6.07, 6.45) is 0. The largest absolute Gasteiger partial charge is 0.383 e. The zero-order chi connectivity index (χ0) is 15.3. The van der Waals surface area contributed by atoms with Gasteiger partial charge in [-0.1, -0.05) is 36.4 Å². The molecular formula is C15H20N2O3S. The van der Waals surface area contributed by atoms with E-state index in [-0.39, 0.29) is 13.1 Å². The molecule has 2 rings (SSSR count). The molecule has 0 amide bonds. The maximum atomic E-state index is 12.9. The van der Waals surface area contributed by atoms with Crippen molar-refractivity contribution in [3.8, 4) is 0 Å². The van der Waals surface area contributed by atoms with Crippen molar-refractivity contribution < 1.29 is 13.2 Å². The van der Waals surface area contributed by atoms with Gasteiger partial charge in [0.25, 0.3) is 0 Å². The van der Waals surface area contributed by atoms with E-state index in [4.69, 9.17) is 10.5 Å². The maximum absolute atomic E-state index is 12.9. The lowest BCUT2D eigenvalue weighted by Gasteiger charge is -2.22. The zero-order valence-corrected chi connectivity index (χ0v) is 12.8. The minimum absolute atomic E-state index is 0.272. The highest BCUT2D eigenvalue weighted by Crippen LogP contribution is 2.25. The van der Waals surface area contributed by atoms with Gasteiger partial charge >= 0.3 is 0 Å². The number of nitrogens with zero attached hydrogens (tertiary/aromatic N) is 1. The van der Waals surface area contributed by atoms with Crippen molar-refractivity contribution in [2.45, 2.75) is 4.90 Å². The summed E-state index contributed by atoms with van der Waals surface area (Å²) in [5, 5.41) is 1.62. The van der Waals surface area contributed by atoms with Crippen molar-refractivity contribution >= 4 is 20.8 Å². The monoisotopic (exact) mass is 308 g/mol. The minimum Gasteiger partial charge on any atom is -0.383 e. The minimum atomic E-state index is -3.59. The van der Waals surface area contributed by atoms with Gasteiger partial charge in [0.15, 0.2) is 0 Å². The molecule has 2 N–H and O–H groups in total. The van der Waals surface area contributed by atoms with Crippen LogP contribution < -0.4 is 5.73 Å². The molecule has 21 heavy (non-hydrogen) atoms. The summed E-state index contributed by atoms with van der Waals surface area (Å²) in [5.41, 5.74) is 5.54. The second-order valence-electron chi connectivity index (χ2n) is 4.66. The van der Waals surface area contributed by atoms with Crippen LogP contribution in [0.2, 0.25) is 0 Å². The highest BCUT2D eigenvalue weighted by molar-refractivity contribution is 7.89. The molecule has 0 aliphatic rings. The summed E-state index contributed by atoms with van der Waals surface area (Å²) < 4.78 is 32.1. The number of hydrogen-bond donors (Lipinski definition) is 1. The van der Waals surface area contributed by atoms with Crippen LogP contribution in [-0.4, -0.2) is 46.1 Å². The molecule has 0 unspecified atom stereocenters. The first-order chi connectivity index (χ1) is 10.1. The molecule has 2 aromatic rings. The fraction of sp³-hybridized carbons (Fsp3) is 0.333. The maximum Gasteiger partial charge on any atom is 0.243 e. The average molecular weight is 308 g/mol. The summed E-state index contributed by atoms with van der Waals surface area (Å²) in [6.45, 7) is 1.17. The topological polar surface area (TPSA) is 72.6 Å². The molecule has 0 spiro atoms. The molecule has 0 bridgehead atoms. The lowest BCUT2D eigenvalue weighted by atomic mass is 10.1. The van der Waals surface area contributed by atoms with Crippen LogP contribution in [0.5, 0.6) is 0 Å². The van der Waals surface area contributed by atoms with E-state index in [9.17, 15) is 8.42 Å². The zero-order valence-electron chi connectivity index (χ0n) is 12.0. The van der Waals surface area contributed by atoms with E-state index in [0.717, 1.165) is 10.8 Å². The number of sulfonamides is 1. The standard InChI is InChI=1S/C15H20N2O3S/c1-20-12-11-17(10-9-16)21(18,19)15-8-4-6-13-5-2-3-7-14(13)15/h2-8H,9-12,16H2,1H3. The van der Waals surface area contributed by atoms with Crippen LogP contribution in [0.25, 0.3) is 10.8 Å². The number of rotatable bonds is 7. The van der Waals surface area contributed by atoms with Gasteiger partial charge in [-0.05, 0) is 11.5 Å². The van der Waals surface area contributed by atoms with Gasteiger partial charge in [0.05, 0.1) is 11.5 Å². The molecular weight excluding hydrogens is 288 g/mol. The van der Waals surface area contributed by atoms with E-state index >= 15 is 0 Å². The van der Waals surface area contributed by atoms with E-state index in [1.54, 1.807) is 19.2 Å². The van der Waals surface area contributed by atoms with Crippen molar-refractivity contribution in [2.24, 2.45) is 5.73 Å². The predicted molar refractivity (Wildman–Crippen MR) is 83.6 cm³/mol. The quantitative estimate of drug-likeness (QED) is 0.840. The molecule has 2 aromatic carbocycles. The highest BCUT2D eigenvalue weighted by Gasteiger charge is 2.25. The Hall–Kier alpha value is -1.47. The average Bonchev–Trinajstić information content (AvgIpc) is 2.50. The van der Waals surface area contributed by atoms with E-state index in [1.807, 2.05) is 30.3 Å². The van der Waals surface area contributed by atoms with Crippen LogP contribution in [0.15, 0.2) is 47.4 Å². The fourth-order valence-corrected chi connectivity index (χ4v) is 3.90. The van der Waals surface area contributed by atoms with Crippen molar-refractivity contribution in [3.63, 3.8) is 0 Å². The van der Waals surface area contributed by atoms with E-state index in [0.29, 0.717) is 18.0 Å². The molecule has 0 fully saturated rings. The van der Waals surface area contributed by atoms with Crippen molar-refractivity contribution in [1.29, 1.82) is 0 Å². The Morgan fingerprint density at radius 1 is 1.10 bits per heavy atom. The number of methoxy groups -OCH3 is 1. The fourth-order valence-electron chi connectivity index (χ4n) is 2.25. The number of fused-ring (bicyclic) bond motifs is 1. The highest BCUT2D eigenvalue weighted by atomic mass is 32.2. The Morgan fingerprint density at radius 3 is 2.52 bits per heavy atom. The summed E-state index contributed by atoms with van der Waals surface area (Å²) in [4.78, 5) is 0.310. The smallest absolute Gasteiger partial charge is 0.243 e.